The van der Waals surface area contributed by atoms with Crippen LogP contribution in [0.25, 0.3) is 0 Å². The summed E-state index contributed by atoms with van der Waals surface area (Å²) in [5, 5.41) is 9.72. The number of para-hydroxylation sites is 2. The molecule has 4 nitrogen and oxygen atoms in total. The molecule has 0 atom stereocenters. The van der Waals surface area contributed by atoms with Gasteiger partial charge in [0.2, 0.25) is 0 Å². The van der Waals surface area contributed by atoms with Crippen molar-refractivity contribution < 1.29 is 14.6 Å². The number of hydrogen-bond acceptors (Lipinski definition) is 3. The largest absolute Gasteiger partial charge is 0.505 e. The Hall–Kier alpha value is -1.91. The predicted molar refractivity (Wildman–Crippen MR) is 86.4 cm³/mol. The van der Waals surface area contributed by atoms with Crippen LogP contribution in [-0.2, 0) is 0 Å². The molecule has 114 valence electrons. The first-order valence-corrected chi connectivity index (χ1v) is 7.55. The van der Waals surface area contributed by atoms with Crippen LogP contribution < -0.4 is 9.64 Å². The van der Waals surface area contributed by atoms with E-state index in [1.165, 1.54) is 12.1 Å². The highest BCUT2D eigenvalue weighted by Gasteiger charge is 2.24. The molecule has 0 radical (unpaired) electrons. The van der Waals surface area contributed by atoms with E-state index in [0.29, 0.717) is 30.2 Å². The number of carbonyl (C=O) groups excluding carboxylic acids is 1. The highest BCUT2D eigenvalue weighted by Crippen LogP contribution is 2.35. The average molecular weight is 338 g/mol. The van der Waals surface area contributed by atoms with Gasteiger partial charge in [-0.15, -0.1) is 0 Å². The summed E-state index contributed by atoms with van der Waals surface area (Å²) < 4.78 is 5.65. The van der Waals surface area contributed by atoms with Crippen LogP contribution in [0.15, 0.2) is 36.4 Å². The normalized spacial score (nSPS) is 14.0. The number of phenols is 1. The number of hydrogen-bond donors (Lipinski definition) is 1. The molecule has 3 rings (SSSR count). The molecule has 0 saturated carbocycles. The number of phenolic OH excluding ortho intramolecular Hbond substituents is 1. The van der Waals surface area contributed by atoms with Crippen molar-refractivity contribution in [2.24, 2.45) is 0 Å². The highest BCUT2D eigenvalue weighted by molar-refractivity contribution is 6.37. The Kier molecular flexibility index (Phi) is 4.14. The Bertz CT molecular complexity index is 710. The van der Waals surface area contributed by atoms with Crippen molar-refractivity contribution in [3.8, 4) is 11.5 Å². The lowest BCUT2D eigenvalue weighted by Gasteiger charge is -2.22. The second-order valence-corrected chi connectivity index (χ2v) is 5.73. The number of halogens is 2. The lowest BCUT2D eigenvalue weighted by atomic mass is 10.1. The number of benzene rings is 2. The molecular formula is C16H13Cl2NO3. The van der Waals surface area contributed by atoms with Gasteiger partial charge in [-0.2, -0.15) is 0 Å². The SMILES string of the molecule is O=C(c1cc(Cl)c(O)c(Cl)c1)N1CCCOc2ccccc21. The lowest BCUT2D eigenvalue weighted by Crippen LogP contribution is -2.31. The Morgan fingerprint density at radius 1 is 1.18 bits per heavy atom. The minimum Gasteiger partial charge on any atom is -0.505 e. The quantitative estimate of drug-likeness (QED) is 0.851. The van der Waals surface area contributed by atoms with Gasteiger partial charge in [0.1, 0.15) is 5.75 Å². The van der Waals surface area contributed by atoms with E-state index in [-0.39, 0.29) is 21.7 Å². The number of rotatable bonds is 1. The molecule has 1 amide bonds. The monoisotopic (exact) mass is 337 g/mol. The minimum absolute atomic E-state index is 0.0511. The molecule has 1 aliphatic rings. The van der Waals surface area contributed by atoms with Gasteiger partial charge in [0, 0.05) is 12.1 Å². The van der Waals surface area contributed by atoms with Crippen LogP contribution in [0.3, 0.4) is 0 Å². The third-order valence-corrected chi connectivity index (χ3v) is 4.02. The highest BCUT2D eigenvalue weighted by atomic mass is 35.5. The van der Waals surface area contributed by atoms with Crippen LogP contribution in [0, 0.1) is 0 Å². The van der Waals surface area contributed by atoms with E-state index in [2.05, 4.69) is 0 Å². The zero-order valence-corrected chi connectivity index (χ0v) is 13.1. The van der Waals surface area contributed by atoms with Gasteiger partial charge in [0.15, 0.2) is 5.75 Å². The van der Waals surface area contributed by atoms with E-state index in [1.54, 1.807) is 4.90 Å². The molecular weight excluding hydrogens is 325 g/mol. The summed E-state index contributed by atoms with van der Waals surface area (Å²) in [6, 6.07) is 10.2. The van der Waals surface area contributed by atoms with Gasteiger partial charge in [-0.3, -0.25) is 4.79 Å². The molecule has 0 spiro atoms. The number of aromatic hydroxyl groups is 1. The molecule has 6 heteroatoms. The maximum Gasteiger partial charge on any atom is 0.258 e. The van der Waals surface area contributed by atoms with Gasteiger partial charge < -0.3 is 14.7 Å². The van der Waals surface area contributed by atoms with Crippen molar-refractivity contribution >= 4 is 34.8 Å². The number of fused-ring (bicyclic) bond motifs is 1. The van der Waals surface area contributed by atoms with Gasteiger partial charge in [0.05, 0.1) is 22.3 Å². The van der Waals surface area contributed by atoms with Crippen molar-refractivity contribution in [3.63, 3.8) is 0 Å². The average Bonchev–Trinajstić information content (AvgIpc) is 2.73. The first-order valence-electron chi connectivity index (χ1n) is 6.79. The second-order valence-electron chi connectivity index (χ2n) is 4.92. The first kappa shape index (κ1) is 15.0. The maximum atomic E-state index is 12.8. The third kappa shape index (κ3) is 2.72. The summed E-state index contributed by atoms with van der Waals surface area (Å²) in [5.74, 6) is 0.213. The minimum atomic E-state index is -0.234. The van der Waals surface area contributed by atoms with E-state index in [0.717, 1.165) is 6.42 Å². The Morgan fingerprint density at radius 2 is 1.86 bits per heavy atom. The third-order valence-electron chi connectivity index (χ3n) is 3.45. The first-order chi connectivity index (χ1) is 10.6. The number of carbonyl (C=O) groups is 1. The zero-order valence-electron chi connectivity index (χ0n) is 11.6. The molecule has 1 N–H and O–H groups in total. The second kappa shape index (κ2) is 6.07. The van der Waals surface area contributed by atoms with Crippen LogP contribution in [-0.4, -0.2) is 24.2 Å². The number of amides is 1. The summed E-state index contributed by atoms with van der Waals surface area (Å²) in [6.45, 7) is 1.09. The van der Waals surface area contributed by atoms with Crippen LogP contribution in [0.2, 0.25) is 10.0 Å². The molecule has 2 aromatic rings. The van der Waals surface area contributed by atoms with E-state index in [9.17, 15) is 9.90 Å². The fraction of sp³-hybridized carbons (Fsp3) is 0.188. The molecule has 0 aliphatic carbocycles. The standard InChI is InChI=1S/C16H13Cl2NO3/c17-11-8-10(9-12(18)15(11)20)16(21)19-6-3-7-22-14-5-2-1-4-13(14)19/h1-2,4-5,8-9,20H,3,6-7H2. The zero-order chi connectivity index (χ0) is 15.7. The van der Waals surface area contributed by atoms with Crippen LogP contribution in [0.5, 0.6) is 11.5 Å². The summed E-state index contributed by atoms with van der Waals surface area (Å²) in [7, 11) is 0. The maximum absolute atomic E-state index is 12.8. The topological polar surface area (TPSA) is 49.8 Å². The van der Waals surface area contributed by atoms with Gasteiger partial charge in [0.25, 0.3) is 5.91 Å². The van der Waals surface area contributed by atoms with Crippen molar-refractivity contribution in [1.82, 2.24) is 0 Å². The molecule has 0 unspecified atom stereocenters. The predicted octanol–water partition coefficient (Wildman–Crippen LogP) is 4.13. The Balaban J connectivity index is 2.02. The van der Waals surface area contributed by atoms with Gasteiger partial charge in [-0.25, -0.2) is 0 Å². The van der Waals surface area contributed by atoms with E-state index >= 15 is 0 Å². The molecule has 1 heterocycles. The molecule has 0 bridgehead atoms. The van der Waals surface area contributed by atoms with E-state index in [4.69, 9.17) is 27.9 Å². The number of nitrogens with zero attached hydrogens (tertiary/aromatic N) is 1. The van der Waals surface area contributed by atoms with Crippen LogP contribution in [0.4, 0.5) is 5.69 Å². The van der Waals surface area contributed by atoms with Gasteiger partial charge >= 0.3 is 0 Å². The van der Waals surface area contributed by atoms with Crippen molar-refractivity contribution in [2.75, 3.05) is 18.1 Å². The summed E-state index contributed by atoms with van der Waals surface area (Å²) >= 11 is 11.8. The molecule has 1 aliphatic heterocycles. The molecule has 0 saturated heterocycles. The van der Waals surface area contributed by atoms with Gasteiger partial charge in [-0.1, -0.05) is 35.3 Å². The lowest BCUT2D eigenvalue weighted by molar-refractivity contribution is 0.0987. The Morgan fingerprint density at radius 3 is 2.59 bits per heavy atom. The summed E-state index contributed by atoms with van der Waals surface area (Å²) in [4.78, 5) is 14.4. The summed E-state index contributed by atoms with van der Waals surface area (Å²) in [6.07, 6.45) is 0.722. The van der Waals surface area contributed by atoms with Crippen molar-refractivity contribution in [2.45, 2.75) is 6.42 Å². The molecule has 0 fully saturated rings. The molecule has 2 aromatic carbocycles. The molecule has 22 heavy (non-hydrogen) atoms. The number of anilines is 1. The van der Waals surface area contributed by atoms with E-state index in [1.807, 2.05) is 24.3 Å². The van der Waals surface area contributed by atoms with E-state index < -0.39 is 0 Å². The smallest absolute Gasteiger partial charge is 0.258 e. The van der Waals surface area contributed by atoms with Crippen molar-refractivity contribution in [3.05, 3.63) is 52.0 Å². The number of ether oxygens (including phenoxy) is 1. The summed E-state index contributed by atoms with van der Waals surface area (Å²) in [5.41, 5.74) is 1.04. The fourth-order valence-corrected chi connectivity index (χ4v) is 2.87. The van der Waals surface area contributed by atoms with Crippen LogP contribution >= 0.6 is 23.2 Å². The van der Waals surface area contributed by atoms with Crippen molar-refractivity contribution in [1.29, 1.82) is 0 Å². The Labute approximate surface area is 137 Å². The van der Waals surface area contributed by atoms with Crippen LogP contribution in [0.1, 0.15) is 16.8 Å². The fourth-order valence-electron chi connectivity index (χ4n) is 2.38. The van der Waals surface area contributed by atoms with Gasteiger partial charge in [-0.05, 0) is 30.7 Å². The molecule has 0 aromatic heterocycles.